The van der Waals surface area contributed by atoms with Crippen molar-refractivity contribution in [3.63, 3.8) is 0 Å². The molecule has 8 heteroatoms. The molecule has 0 atom stereocenters. The van der Waals surface area contributed by atoms with Gasteiger partial charge in [-0.25, -0.2) is 4.98 Å². The van der Waals surface area contributed by atoms with Crippen molar-refractivity contribution >= 4 is 23.5 Å². The number of aliphatic carboxylic acids is 2. The Morgan fingerprint density at radius 3 is 2.38 bits per heavy atom. The quantitative estimate of drug-likeness (QED) is 0.767. The van der Waals surface area contributed by atoms with Gasteiger partial charge < -0.3 is 19.5 Å². The number of aromatic nitrogens is 2. The maximum Gasteiger partial charge on any atom is 0.323 e. The summed E-state index contributed by atoms with van der Waals surface area (Å²) in [5.74, 6) is -3.12. The van der Waals surface area contributed by atoms with Gasteiger partial charge in [0.05, 0.1) is 12.1 Å². The molecule has 110 valence electrons. The highest BCUT2D eigenvalue weighted by atomic mass is 16.4. The van der Waals surface area contributed by atoms with Crippen LogP contribution in [0, 0.1) is 0 Å². The minimum atomic E-state index is -1.26. The van der Waals surface area contributed by atoms with Crippen molar-refractivity contribution in [2.24, 2.45) is 0 Å². The van der Waals surface area contributed by atoms with Crippen LogP contribution >= 0.6 is 0 Å². The molecule has 2 N–H and O–H groups in total. The molecule has 0 bridgehead atoms. The Morgan fingerprint density at radius 1 is 1.14 bits per heavy atom. The van der Waals surface area contributed by atoms with E-state index in [1.807, 2.05) is 0 Å². The highest BCUT2D eigenvalue weighted by molar-refractivity contribution is 5.86. The minimum Gasteiger partial charge on any atom is -0.480 e. The fourth-order valence-electron chi connectivity index (χ4n) is 1.90. The van der Waals surface area contributed by atoms with Crippen LogP contribution in [0.3, 0.4) is 0 Å². The zero-order chi connectivity index (χ0) is 15.4. The maximum absolute atomic E-state index is 12.0. The van der Waals surface area contributed by atoms with E-state index >= 15 is 0 Å². The molecule has 0 aliphatic rings. The molecule has 0 radical (unpaired) electrons. The first-order valence-electron chi connectivity index (χ1n) is 6.09. The molecular formula is C13H13N3O5. The van der Waals surface area contributed by atoms with Crippen molar-refractivity contribution in [1.82, 2.24) is 14.3 Å². The van der Waals surface area contributed by atoms with Gasteiger partial charge in [0.25, 0.3) is 0 Å². The summed E-state index contributed by atoms with van der Waals surface area (Å²) in [6.45, 7) is -1.31. The van der Waals surface area contributed by atoms with E-state index in [1.54, 1.807) is 35.0 Å². The second kappa shape index (κ2) is 6.04. The fraction of sp³-hybridized carbons (Fsp3) is 0.231. The van der Waals surface area contributed by atoms with Gasteiger partial charge >= 0.3 is 11.9 Å². The minimum absolute atomic E-state index is 0.151. The first-order chi connectivity index (χ1) is 9.95. The number of fused-ring (bicyclic) bond motifs is 1. The van der Waals surface area contributed by atoms with E-state index in [0.717, 1.165) is 4.90 Å². The summed E-state index contributed by atoms with van der Waals surface area (Å²) < 4.78 is 1.72. The Balaban J connectivity index is 2.13. The van der Waals surface area contributed by atoms with Crippen LogP contribution in [0.15, 0.2) is 30.6 Å². The Morgan fingerprint density at radius 2 is 1.81 bits per heavy atom. The Kier molecular flexibility index (Phi) is 4.17. The number of amides is 1. The average molecular weight is 291 g/mol. The number of rotatable bonds is 6. The lowest BCUT2D eigenvalue weighted by atomic mass is 10.3. The van der Waals surface area contributed by atoms with Crippen LogP contribution in [-0.2, 0) is 20.8 Å². The van der Waals surface area contributed by atoms with Gasteiger partial charge in [-0.15, -0.1) is 0 Å². The van der Waals surface area contributed by atoms with Crippen LogP contribution in [0.1, 0.15) is 5.69 Å². The molecule has 0 aliphatic heterocycles. The maximum atomic E-state index is 12.0. The van der Waals surface area contributed by atoms with E-state index < -0.39 is 30.9 Å². The highest BCUT2D eigenvalue weighted by Crippen LogP contribution is 2.06. The van der Waals surface area contributed by atoms with Gasteiger partial charge in [0, 0.05) is 12.4 Å². The first-order valence-corrected chi connectivity index (χ1v) is 6.09. The van der Waals surface area contributed by atoms with E-state index in [1.165, 1.54) is 0 Å². The highest BCUT2D eigenvalue weighted by Gasteiger charge is 2.20. The van der Waals surface area contributed by atoms with E-state index in [-0.39, 0.29) is 6.42 Å². The van der Waals surface area contributed by atoms with Gasteiger partial charge in [0.15, 0.2) is 0 Å². The molecule has 0 aromatic carbocycles. The monoisotopic (exact) mass is 291 g/mol. The van der Waals surface area contributed by atoms with Gasteiger partial charge in [-0.05, 0) is 12.1 Å². The lowest BCUT2D eigenvalue weighted by Gasteiger charge is -2.17. The number of carboxylic acids is 2. The van der Waals surface area contributed by atoms with E-state index in [9.17, 15) is 14.4 Å². The SMILES string of the molecule is O=C(O)CN(CC(=O)O)C(=O)Cc1cn2ccccc2n1. The van der Waals surface area contributed by atoms with E-state index in [4.69, 9.17) is 10.2 Å². The molecule has 2 heterocycles. The molecule has 0 unspecified atom stereocenters. The topological polar surface area (TPSA) is 112 Å². The summed E-state index contributed by atoms with van der Waals surface area (Å²) in [6, 6.07) is 5.37. The van der Waals surface area contributed by atoms with Crippen molar-refractivity contribution in [2.75, 3.05) is 13.1 Å². The molecule has 2 rings (SSSR count). The summed E-state index contributed by atoms with van der Waals surface area (Å²) in [5, 5.41) is 17.4. The lowest BCUT2D eigenvalue weighted by molar-refractivity contribution is -0.149. The van der Waals surface area contributed by atoms with Gasteiger partial charge in [0.1, 0.15) is 18.7 Å². The van der Waals surface area contributed by atoms with Crippen molar-refractivity contribution < 1.29 is 24.6 Å². The summed E-state index contributed by atoms with van der Waals surface area (Å²) in [4.78, 5) is 38.4. The molecular weight excluding hydrogens is 278 g/mol. The summed E-state index contributed by atoms with van der Waals surface area (Å²) in [7, 11) is 0. The lowest BCUT2D eigenvalue weighted by Crippen LogP contribution is -2.40. The van der Waals surface area contributed by atoms with Gasteiger partial charge in [-0.3, -0.25) is 14.4 Å². The van der Waals surface area contributed by atoms with Crippen LogP contribution in [0.5, 0.6) is 0 Å². The van der Waals surface area contributed by atoms with Gasteiger partial charge in [-0.2, -0.15) is 0 Å². The van der Waals surface area contributed by atoms with Crippen molar-refractivity contribution in [3.05, 3.63) is 36.3 Å². The normalized spacial score (nSPS) is 10.5. The summed E-state index contributed by atoms with van der Waals surface area (Å²) >= 11 is 0. The number of hydrogen-bond acceptors (Lipinski definition) is 4. The van der Waals surface area contributed by atoms with Crippen LogP contribution < -0.4 is 0 Å². The van der Waals surface area contributed by atoms with Crippen molar-refractivity contribution in [3.8, 4) is 0 Å². The van der Waals surface area contributed by atoms with Crippen molar-refractivity contribution in [2.45, 2.75) is 6.42 Å². The van der Waals surface area contributed by atoms with Gasteiger partial charge in [-0.1, -0.05) is 6.07 Å². The summed E-state index contributed by atoms with van der Waals surface area (Å²) in [6.07, 6.45) is 3.26. The second-order valence-corrected chi connectivity index (χ2v) is 4.41. The third kappa shape index (κ3) is 3.78. The summed E-state index contributed by atoms with van der Waals surface area (Å²) in [5.41, 5.74) is 1.11. The molecule has 0 fully saturated rings. The van der Waals surface area contributed by atoms with Crippen molar-refractivity contribution in [1.29, 1.82) is 0 Å². The second-order valence-electron chi connectivity index (χ2n) is 4.41. The largest absolute Gasteiger partial charge is 0.480 e. The predicted molar refractivity (Wildman–Crippen MR) is 70.7 cm³/mol. The first kappa shape index (κ1) is 14.5. The van der Waals surface area contributed by atoms with E-state index in [2.05, 4.69) is 4.98 Å². The molecule has 0 aliphatic carbocycles. The Bertz CT molecular complexity index is 645. The van der Waals surface area contributed by atoms with Crippen LogP contribution in [0.2, 0.25) is 0 Å². The third-order valence-corrected chi connectivity index (χ3v) is 2.75. The Labute approximate surface area is 119 Å². The number of carbonyl (C=O) groups is 3. The number of imidazole rings is 1. The molecule has 0 saturated heterocycles. The average Bonchev–Trinajstić information content (AvgIpc) is 2.78. The number of pyridine rings is 1. The number of hydrogen-bond donors (Lipinski definition) is 2. The molecule has 0 saturated carbocycles. The number of nitrogens with zero attached hydrogens (tertiary/aromatic N) is 3. The number of carbonyl (C=O) groups excluding carboxylic acids is 1. The molecule has 8 nitrogen and oxygen atoms in total. The molecule has 2 aromatic rings. The molecule has 2 aromatic heterocycles. The third-order valence-electron chi connectivity index (χ3n) is 2.75. The fourth-order valence-corrected chi connectivity index (χ4v) is 1.90. The number of carboxylic acid groups (broad SMARTS) is 2. The standard InChI is InChI=1S/C13H13N3O5/c17-11(16(7-12(18)19)8-13(20)21)5-9-6-15-4-2-1-3-10(15)14-9/h1-4,6H,5,7-8H2,(H,18,19)(H,20,21). The molecule has 0 spiro atoms. The zero-order valence-electron chi connectivity index (χ0n) is 11.0. The molecule has 21 heavy (non-hydrogen) atoms. The van der Waals surface area contributed by atoms with Crippen LogP contribution in [0.4, 0.5) is 0 Å². The zero-order valence-corrected chi connectivity index (χ0v) is 11.0. The van der Waals surface area contributed by atoms with Gasteiger partial charge in [0.2, 0.25) is 5.91 Å². The smallest absolute Gasteiger partial charge is 0.323 e. The molecule has 1 amide bonds. The van der Waals surface area contributed by atoms with E-state index in [0.29, 0.717) is 11.3 Å². The van der Waals surface area contributed by atoms with Crippen LogP contribution in [0.25, 0.3) is 5.65 Å². The van der Waals surface area contributed by atoms with Crippen LogP contribution in [-0.4, -0.2) is 55.4 Å². The Hall–Kier alpha value is -2.90. The predicted octanol–water partition coefficient (Wildman–Crippen LogP) is -0.125.